The monoisotopic (exact) mass is 236 g/mol. The maximum Gasteiger partial charge on any atom is 0.311 e. The van der Waals surface area contributed by atoms with Gasteiger partial charge < -0.3 is 9.47 Å². The fourth-order valence-corrected chi connectivity index (χ4v) is 1.27. The number of rotatable bonds is 4. The molecule has 0 saturated heterocycles. The van der Waals surface area contributed by atoms with Gasteiger partial charge in [0.2, 0.25) is 0 Å². The van der Waals surface area contributed by atoms with Gasteiger partial charge in [0.05, 0.1) is 20.0 Å². The molecule has 1 aromatic carbocycles. The molecule has 4 nitrogen and oxygen atoms in total. The molecule has 0 N–H and O–H groups in total. The molecule has 0 unspecified atom stereocenters. The summed E-state index contributed by atoms with van der Waals surface area (Å²) in [6.45, 7) is 3.93. The molecule has 0 bridgehead atoms. The normalized spacial score (nSPS) is 9.82. The van der Waals surface area contributed by atoms with E-state index in [2.05, 4.69) is 4.74 Å². The number of aryl methyl sites for hydroxylation is 2. The van der Waals surface area contributed by atoms with E-state index in [1.807, 2.05) is 19.9 Å². The molecule has 1 aromatic rings. The van der Waals surface area contributed by atoms with E-state index in [0.29, 0.717) is 5.75 Å². The third-order valence-electron chi connectivity index (χ3n) is 2.47. The first kappa shape index (κ1) is 13.2. The molecule has 0 atom stereocenters. The molecular weight excluding hydrogens is 220 g/mol. The maximum atomic E-state index is 11.4. The van der Waals surface area contributed by atoms with E-state index in [9.17, 15) is 9.59 Å². The highest BCUT2D eigenvalue weighted by molar-refractivity contribution is 5.78. The highest BCUT2D eigenvalue weighted by atomic mass is 16.5. The maximum absolute atomic E-state index is 11.4. The van der Waals surface area contributed by atoms with Gasteiger partial charge in [-0.2, -0.15) is 0 Å². The lowest BCUT2D eigenvalue weighted by atomic mass is 10.1. The Morgan fingerprint density at radius 1 is 1.06 bits per heavy atom. The van der Waals surface area contributed by atoms with Gasteiger partial charge in [-0.1, -0.05) is 6.07 Å². The molecule has 0 saturated carbocycles. The molecule has 0 fully saturated rings. The van der Waals surface area contributed by atoms with Gasteiger partial charge in [-0.3, -0.25) is 9.59 Å². The predicted molar refractivity (Wildman–Crippen MR) is 62.8 cm³/mol. The summed E-state index contributed by atoms with van der Waals surface area (Å²) in [5.74, 6) is -0.344. The molecular formula is C13H16O4. The van der Waals surface area contributed by atoms with Gasteiger partial charge in [-0.25, -0.2) is 0 Å². The summed E-state index contributed by atoms with van der Waals surface area (Å²) in [5, 5.41) is 0. The van der Waals surface area contributed by atoms with Crippen LogP contribution in [0.3, 0.4) is 0 Å². The quantitative estimate of drug-likeness (QED) is 0.593. The fraction of sp³-hybridized carbons (Fsp3) is 0.385. The summed E-state index contributed by atoms with van der Waals surface area (Å²) in [6.07, 6.45) is 0.0692. The summed E-state index contributed by atoms with van der Waals surface area (Å²) >= 11 is 0. The van der Waals surface area contributed by atoms with E-state index < -0.39 is 11.9 Å². The van der Waals surface area contributed by atoms with Crippen LogP contribution in [0.1, 0.15) is 24.0 Å². The first-order valence-electron chi connectivity index (χ1n) is 5.37. The summed E-state index contributed by atoms with van der Waals surface area (Å²) in [6, 6.07) is 5.42. The van der Waals surface area contributed by atoms with Crippen LogP contribution in [0.5, 0.6) is 5.75 Å². The van der Waals surface area contributed by atoms with Gasteiger partial charge in [0.25, 0.3) is 0 Å². The van der Waals surface area contributed by atoms with Crippen molar-refractivity contribution in [2.24, 2.45) is 0 Å². The highest BCUT2D eigenvalue weighted by Gasteiger charge is 2.09. The van der Waals surface area contributed by atoms with Crippen molar-refractivity contribution >= 4 is 11.9 Å². The van der Waals surface area contributed by atoms with Gasteiger partial charge in [0, 0.05) is 0 Å². The number of benzene rings is 1. The molecule has 92 valence electrons. The van der Waals surface area contributed by atoms with Crippen molar-refractivity contribution < 1.29 is 19.1 Å². The Morgan fingerprint density at radius 2 is 1.71 bits per heavy atom. The van der Waals surface area contributed by atoms with Gasteiger partial charge in [-0.15, -0.1) is 0 Å². The van der Waals surface area contributed by atoms with Crippen LogP contribution in [0.15, 0.2) is 18.2 Å². The van der Waals surface area contributed by atoms with Crippen LogP contribution in [0.2, 0.25) is 0 Å². The number of ether oxygens (including phenoxy) is 2. The first-order chi connectivity index (χ1) is 8.02. The minimum Gasteiger partial charge on any atom is -0.469 e. The van der Waals surface area contributed by atoms with Crippen molar-refractivity contribution in [1.29, 1.82) is 0 Å². The number of esters is 2. The largest absolute Gasteiger partial charge is 0.469 e. The summed E-state index contributed by atoms with van der Waals surface area (Å²) in [4.78, 5) is 22.2. The summed E-state index contributed by atoms with van der Waals surface area (Å²) < 4.78 is 9.54. The number of carbonyl (C=O) groups is 2. The van der Waals surface area contributed by atoms with Gasteiger partial charge in [0.15, 0.2) is 0 Å². The lowest BCUT2D eigenvalue weighted by molar-refractivity contribution is -0.144. The molecule has 0 aromatic heterocycles. The fourth-order valence-electron chi connectivity index (χ4n) is 1.27. The standard InChI is InChI=1S/C13H16O4/c1-9-4-5-11(8-10(9)2)17-13(15)7-6-12(14)16-3/h4-5,8H,6-7H2,1-3H3. The van der Waals surface area contributed by atoms with Crippen LogP contribution in [-0.2, 0) is 14.3 Å². The minimum atomic E-state index is -0.432. The SMILES string of the molecule is COC(=O)CCC(=O)Oc1ccc(C)c(C)c1. The van der Waals surface area contributed by atoms with Crippen molar-refractivity contribution in [3.05, 3.63) is 29.3 Å². The van der Waals surface area contributed by atoms with Crippen molar-refractivity contribution in [3.8, 4) is 5.75 Å². The zero-order valence-corrected chi connectivity index (χ0v) is 10.3. The molecule has 0 aliphatic carbocycles. The molecule has 0 spiro atoms. The van der Waals surface area contributed by atoms with Crippen LogP contribution in [0.4, 0.5) is 0 Å². The number of hydrogen-bond donors (Lipinski definition) is 0. The van der Waals surface area contributed by atoms with Crippen LogP contribution in [-0.4, -0.2) is 19.0 Å². The van der Waals surface area contributed by atoms with Crippen molar-refractivity contribution in [2.75, 3.05) is 7.11 Å². The zero-order valence-electron chi connectivity index (χ0n) is 10.3. The number of carbonyl (C=O) groups excluding carboxylic acids is 2. The minimum absolute atomic E-state index is 0.0274. The smallest absolute Gasteiger partial charge is 0.311 e. The Labute approximate surface area is 101 Å². The Hall–Kier alpha value is -1.84. The molecule has 17 heavy (non-hydrogen) atoms. The van der Waals surface area contributed by atoms with E-state index in [4.69, 9.17) is 4.74 Å². The average Bonchev–Trinajstić information content (AvgIpc) is 2.31. The second-order valence-corrected chi connectivity index (χ2v) is 3.80. The molecule has 0 amide bonds. The van der Waals surface area contributed by atoms with E-state index >= 15 is 0 Å². The van der Waals surface area contributed by atoms with E-state index in [1.165, 1.54) is 7.11 Å². The average molecular weight is 236 g/mol. The second-order valence-electron chi connectivity index (χ2n) is 3.80. The molecule has 1 rings (SSSR count). The Bertz CT molecular complexity index is 423. The molecule has 0 radical (unpaired) electrons. The topological polar surface area (TPSA) is 52.6 Å². The van der Waals surface area contributed by atoms with Crippen LogP contribution < -0.4 is 4.74 Å². The van der Waals surface area contributed by atoms with Crippen LogP contribution >= 0.6 is 0 Å². The van der Waals surface area contributed by atoms with Gasteiger partial charge in [-0.05, 0) is 37.1 Å². The number of hydrogen-bond acceptors (Lipinski definition) is 4. The Balaban J connectivity index is 2.50. The van der Waals surface area contributed by atoms with Gasteiger partial charge in [0.1, 0.15) is 5.75 Å². The third kappa shape index (κ3) is 4.26. The summed E-state index contributed by atoms with van der Waals surface area (Å²) in [5.41, 5.74) is 2.20. The molecule has 0 aliphatic rings. The van der Waals surface area contributed by atoms with Crippen LogP contribution in [0.25, 0.3) is 0 Å². The lowest BCUT2D eigenvalue weighted by Gasteiger charge is -2.06. The van der Waals surface area contributed by atoms with E-state index in [-0.39, 0.29) is 12.8 Å². The highest BCUT2D eigenvalue weighted by Crippen LogP contribution is 2.17. The molecule has 0 heterocycles. The van der Waals surface area contributed by atoms with Crippen LogP contribution in [0, 0.1) is 13.8 Å². The molecule has 4 heteroatoms. The zero-order chi connectivity index (χ0) is 12.8. The Kier molecular flexibility index (Phi) is 4.69. The first-order valence-corrected chi connectivity index (χ1v) is 5.37. The van der Waals surface area contributed by atoms with E-state index in [1.54, 1.807) is 12.1 Å². The third-order valence-corrected chi connectivity index (χ3v) is 2.47. The summed E-state index contributed by atoms with van der Waals surface area (Å²) in [7, 11) is 1.29. The van der Waals surface area contributed by atoms with Crippen molar-refractivity contribution in [2.45, 2.75) is 26.7 Å². The predicted octanol–water partition coefficient (Wildman–Crippen LogP) is 2.16. The molecule has 0 aliphatic heterocycles. The second kappa shape index (κ2) is 6.03. The number of methoxy groups -OCH3 is 1. The van der Waals surface area contributed by atoms with Crippen molar-refractivity contribution in [3.63, 3.8) is 0 Å². The van der Waals surface area contributed by atoms with E-state index in [0.717, 1.165) is 11.1 Å². The van der Waals surface area contributed by atoms with Gasteiger partial charge >= 0.3 is 11.9 Å². The Morgan fingerprint density at radius 3 is 2.29 bits per heavy atom. The lowest BCUT2D eigenvalue weighted by Crippen LogP contribution is -2.11. The van der Waals surface area contributed by atoms with Crippen molar-refractivity contribution in [1.82, 2.24) is 0 Å².